The molecule has 0 bridgehead atoms. The lowest BCUT2D eigenvalue weighted by Gasteiger charge is -2.32. The summed E-state index contributed by atoms with van der Waals surface area (Å²) >= 11 is 0. The summed E-state index contributed by atoms with van der Waals surface area (Å²) in [4.78, 5) is 17.4. The van der Waals surface area contributed by atoms with Gasteiger partial charge in [-0.2, -0.15) is 0 Å². The first-order valence-electron chi connectivity index (χ1n) is 9.64. The molecule has 138 valence electrons. The number of benzene rings is 1. The van der Waals surface area contributed by atoms with Gasteiger partial charge in [0.1, 0.15) is 6.26 Å². The van der Waals surface area contributed by atoms with Gasteiger partial charge in [-0.15, -0.1) is 0 Å². The Morgan fingerprint density at radius 2 is 2.00 bits per heavy atom. The van der Waals surface area contributed by atoms with Crippen molar-refractivity contribution in [1.82, 2.24) is 4.90 Å². The molecule has 0 radical (unpaired) electrons. The highest BCUT2D eigenvalue weighted by Crippen LogP contribution is 2.28. The van der Waals surface area contributed by atoms with Gasteiger partial charge in [0.2, 0.25) is 0 Å². The zero-order valence-electron chi connectivity index (χ0n) is 15.4. The van der Waals surface area contributed by atoms with Crippen molar-refractivity contribution in [2.45, 2.75) is 38.6 Å². The first kappa shape index (κ1) is 17.2. The highest BCUT2D eigenvalue weighted by molar-refractivity contribution is 6.04. The van der Waals surface area contributed by atoms with Crippen molar-refractivity contribution in [1.29, 1.82) is 0 Å². The van der Waals surface area contributed by atoms with Crippen molar-refractivity contribution < 1.29 is 9.21 Å². The van der Waals surface area contributed by atoms with Crippen molar-refractivity contribution in [2.75, 3.05) is 36.4 Å². The Morgan fingerprint density at radius 3 is 2.73 bits per heavy atom. The maximum atomic E-state index is 12.2. The molecular formula is C21H27N3O2. The van der Waals surface area contributed by atoms with Crippen LogP contribution in [0.5, 0.6) is 0 Å². The molecule has 5 heteroatoms. The van der Waals surface area contributed by atoms with Crippen LogP contribution in [0, 0.1) is 6.92 Å². The average Bonchev–Trinajstić information content (AvgIpc) is 3.36. The first-order chi connectivity index (χ1) is 12.7. The van der Waals surface area contributed by atoms with E-state index in [9.17, 15) is 4.79 Å². The van der Waals surface area contributed by atoms with E-state index in [1.54, 1.807) is 6.07 Å². The summed E-state index contributed by atoms with van der Waals surface area (Å²) < 4.78 is 4.98. The highest BCUT2D eigenvalue weighted by Gasteiger charge is 2.28. The summed E-state index contributed by atoms with van der Waals surface area (Å²) in [6.07, 6.45) is 8.30. The van der Waals surface area contributed by atoms with Crippen LogP contribution in [0.1, 0.15) is 41.6 Å². The smallest absolute Gasteiger partial charge is 0.258 e. The number of anilines is 2. The molecule has 3 heterocycles. The SMILES string of the molecule is Cc1cc(N2CC[C@H](N3CCCCC3)C2)ccc1NC(=O)c1ccoc1. The molecule has 1 aromatic heterocycles. The Morgan fingerprint density at radius 1 is 1.15 bits per heavy atom. The second-order valence-electron chi connectivity index (χ2n) is 7.45. The normalized spacial score (nSPS) is 21.1. The molecule has 2 aliphatic heterocycles. The van der Waals surface area contributed by atoms with Crippen molar-refractivity contribution >= 4 is 17.3 Å². The standard InChI is InChI=1S/C21H27N3O2/c1-16-13-18(5-6-20(16)22-21(25)17-8-12-26-15-17)24-11-7-19(14-24)23-9-3-2-4-10-23/h5-6,8,12-13,15,19H,2-4,7,9-11,14H2,1H3,(H,22,25)/t19-/m0/s1. The fourth-order valence-electron chi connectivity index (χ4n) is 4.13. The fraction of sp³-hybridized carbons (Fsp3) is 0.476. The molecule has 0 saturated carbocycles. The monoisotopic (exact) mass is 353 g/mol. The number of nitrogens with one attached hydrogen (secondary N) is 1. The molecule has 4 rings (SSSR count). The first-order valence-corrected chi connectivity index (χ1v) is 9.64. The molecule has 0 aliphatic carbocycles. The van der Waals surface area contributed by atoms with Gasteiger partial charge < -0.3 is 14.6 Å². The Labute approximate surface area is 155 Å². The van der Waals surface area contributed by atoms with E-state index in [0.717, 1.165) is 24.3 Å². The minimum Gasteiger partial charge on any atom is -0.472 e. The quantitative estimate of drug-likeness (QED) is 0.905. The third kappa shape index (κ3) is 3.63. The van der Waals surface area contributed by atoms with E-state index >= 15 is 0 Å². The Bertz CT molecular complexity index is 751. The van der Waals surface area contributed by atoms with Gasteiger partial charge in [0.25, 0.3) is 5.91 Å². The van der Waals surface area contributed by atoms with E-state index in [-0.39, 0.29) is 5.91 Å². The van der Waals surface area contributed by atoms with Gasteiger partial charge in [-0.25, -0.2) is 0 Å². The third-order valence-electron chi connectivity index (χ3n) is 5.68. The number of hydrogen-bond donors (Lipinski definition) is 1. The van der Waals surface area contributed by atoms with Crippen LogP contribution >= 0.6 is 0 Å². The second kappa shape index (κ2) is 7.54. The van der Waals surface area contributed by atoms with Crippen LogP contribution in [0.3, 0.4) is 0 Å². The van der Waals surface area contributed by atoms with Crippen LogP contribution in [-0.2, 0) is 0 Å². The average molecular weight is 353 g/mol. The van der Waals surface area contributed by atoms with Crippen LogP contribution in [0.4, 0.5) is 11.4 Å². The molecule has 1 atom stereocenters. The van der Waals surface area contributed by atoms with E-state index in [1.165, 1.54) is 57.0 Å². The van der Waals surface area contributed by atoms with Crippen molar-refractivity contribution in [3.05, 3.63) is 47.9 Å². The number of carbonyl (C=O) groups excluding carboxylic acids is 1. The molecule has 2 fully saturated rings. The van der Waals surface area contributed by atoms with Crippen molar-refractivity contribution in [2.24, 2.45) is 0 Å². The number of aryl methyl sites for hydroxylation is 1. The van der Waals surface area contributed by atoms with Gasteiger partial charge in [0.15, 0.2) is 0 Å². The summed E-state index contributed by atoms with van der Waals surface area (Å²) in [5, 5.41) is 2.97. The molecule has 1 amide bonds. The number of amides is 1. The van der Waals surface area contributed by atoms with Crippen molar-refractivity contribution in [3.8, 4) is 0 Å². The molecular weight excluding hydrogens is 326 g/mol. The molecule has 2 aromatic rings. The summed E-state index contributed by atoms with van der Waals surface area (Å²) in [5.74, 6) is -0.138. The summed E-state index contributed by atoms with van der Waals surface area (Å²) in [7, 11) is 0. The lowest BCUT2D eigenvalue weighted by molar-refractivity contribution is 0.102. The Kier molecular flexibility index (Phi) is 4.98. The Balaban J connectivity index is 1.40. The van der Waals surface area contributed by atoms with Crippen LogP contribution in [0.25, 0.3) is 0 Å². The molecule has 5 nitrogen and oxygen atoms in total. The van der Waals surface area contributed by atoms with Crippen LogP contribution in [-0.4, -0.2) is 43.0 Å². The fourth-order valence-corrected chi connectivity index (χ4v) is 4.13. The van der Waals surface area contributed by atoms with Crippen LogP contribution in [0.15, 0.2) is 41.2 Å². The van der Waals surface area contributed by atoms with E-state index in [2.05, 4.69) is 27.2 Å². The number of likely N-dealkylation sites (tertiary alicyclic amines) is 1. The summed E-state index contributed by atoms with van der Waals surface area (Å²) in [6.45, 7) is 6.79. The third-order valence-corrected chi connectivity index (χ3v) is 5.68. The lowest BCUT2D eigenvalue weighted by atomic mass is 10.1. The molecule has 26 heavy (non-hydrogen) atoms. The van der Waals surface area contributed by atoms with Gasteiger partial charge in [0, 0.05) is 30.5 Å². The van der Waals surface area contributed by atoms with E-state index in [4.69, 9.17) is 4.42 Å². The molecule has 1 N–H and O–H groups in total. The molecule has 1 aromatic carbocycles. The van der Waals surface area contributed by atoms with Gasteiger partial charge in [-0.3, -0.25) is 9.69 Å². The van der Waals surface area contributed by atoms with Gasteiger partial charge in [-0.05, 0) is 69.1 Å². The number of carbonyl (C=O) groups is 1. The van der Waals surface area contributed by atoms with Crippen molar-refractivity contribution in [3.63, 3.8) is 0 Å². The second-order valence-corrected chi connectivity index (χ2v) is 7.45. The minimum atomic E-state index is -0.138. The zero-order valence-corrected chi connectivity index (χ0v) is 15.4. The van der Waals surface area contributed by atoms with Gasteiger partial charge >= 0.3 is 0 Å². The maximum absolute atomic E-state index is 12.2. The number of furan rings is 1. The molecule has 2 aliphatic rings. The number of rotatable bonds is 4. The Hall–Kier alpha value is -2.27. The largest absolute Gasteiger partial charge is 0.472 e. The minimum absolute atomic E-state index is 0.138. The van der Waals surface area contributed by atoms with E-state index < -0.39 is 0 Å². The van der Waals surface area contributed by atoms with Crippen LogP contribution < -0.4 is 10.2 Å². The maximum Gasteiger partial charge on any atom is 0.258 e. The number of nitrogens with zero attached hydrogens (tertiary/aromatic N) is 2. The zero-order chi connectivity index (χ0) is 17.9. The highest BCUT2D eigenvalue weighted by atomic mass is 16.3. The predicted molar refractivity (Wildman–Crippen MR) is 104 cm³/mol. The van der Waals surface area contributed by atoms with Gasteiger partial charge in [0.05, 0.1) is 11.8 Å². The summed E-state index contributed by atoms with van der Waals surface area (Å²) in [5.41, 5.74) is 3.73. The molecule has 2 saturated heterocycles. The number of hydrogen-bond acceptors (Lipinski definition) is 4. The lowest BCUT2D eigenvalue weighted by Crippen LogP contribution is -2.40. The van der Waals surface area contributed by atoms with Crippen LogP contribution in [0.2, 0.25) is 0 Å². The molecule has 0 unspecified atom stereocenters. The summed E-state index contributed by atoms with van der Waals surface area (Å²) in [6, 6.07) is 8.68. The number of piperidine rings is 1. The molecule has 0 spiro atoms. The predicted octanol–water partition coefficient (Wildman–Crippen LogP) is 3.90. The topological polar surface area (TPSA) is 48.7 Å². The van der Waals surface area contributed by atoms with Gasteiger partial charge in [-0.1, -0.05) is 6.42 Å². The van der Waals surface area contributed by atoms with E-state index in [1.807, 2.05) is 13.0 Å². The van der Waals surface area contributed by atoms with E-state index in [0.29, 0.717) is 11.6 Å².